The molecule has 2 N–H and O–H groups in total. The number of carbonyl (C=O) groups is 1. The van der Waals surface area contributed by atoms with E-state index in [1.54, 1.807) is 37.3 Å². The Kier molecular flexibility index (Phi) is 7.30. The van der Waals surface area contributed by atoms with Gasteiger partial charge in [0, 0.05) is 13.6 Å². The van der Waals surface area contributed by atoms with Crippen LogP contribution in [0.15, 0.2) is 18.2 Å². The lowest BCUT2D eigenvalue weighted by Gasteiger charge is -2.28. The Morgan fingerprint density at radius 2 is 2.25 bits per heavy atom. The Bertz CT molecular complexity index is 532. The second-order valence-corrected chi connectivity index (χ2v) is 5.58. The molecule has 0 radical (unpaired) electrons. The number of methoxy groups -OCH3 is 1. The average molecular weight is 338 g/mol. The third-order valence-electron chi connectivity index (χ3n) is 3.73. The molecule has 0 aromatic heterocycles. The predicted molar refractivity (Wildman–Crippen MR) is 89.7 cm³/mol. The first kappa shape index (κ1) is 18.5. The molecule has 1 aliphatic heterocycles. The Hall–Kier alpha value is -1.83. The fourth-order valence-electron chi connectivity index (χ4n) is 2.49. The normalized spacial score (nSPS) is 17.4. The lowest BCUT2D eigenvalue weighted by atomic mass is 10.1. The molecule has 1 fully saturated rings. The molecular formula is C17H26N2O5. The van der Waals surface area contributed by atoms with E-state index in [1.807, 2.05) is 0 Å². The van der Waals surface area contributed by atoms with Gasteiger partial charge in [-0.2, -0.15) is 0 Å². The van der Waals surface area contributed by atoms with Gasteiger partial charge in [-0.15, -0.1) is 0 Å². The number of nitrogens with two attached hydrogens (primary N) is 1. The monoisotopic (exact) mass is 338 g/mol. The summed E-state index contributed by atoms with van der Waals surface area (Å²) in [4.78, 5) is 14.4. The van der Waals surface area contributed by atoms with Gasteiger partial charge in [0.15, 0.2) is 11.5 Å². The fourth-order valence-corrected chi connectivity index (χ4v) is 2.49. The standard InChI is InChI=1S/C17H26N2O5/c1-19(11-13-12-22-9-10-23-13)17(20)14-5-3-6-15(21-2)16(14)24-8-4-7-18/h3,5-6,13H,4,7-12,18H2,1-2H3/t13-/m1/s1. The van der Waals surface area contributed by atoms with Crippen LogP contribution in [0.2, 0.25) is 0 Å². The number of benzene rings is 1. The maximum absolute atomic E-state index is 12.8. The van der Waals surface area contributed by atoms with Crippen molar-refractivity contribution in [1.82, 2.24) is 4.90 Å². The summed E-state index contributed by atoms with van der Waals surface area (Å²) in [5.74, 6) is 0.834. The Balaban J connectivity index is 2.11. The quantitative estimate of drug-likeness (QED) is 0.710. The van der Waals surface area contributed by atoms with Crippen molar-refractivity contribution in [3.63, 3.8) is 0 Å². The van der Waals surface area contributed by atoms with Gasteiger partial charge in [0.2, 0.25) is 0 Å². The van der Waals surface area contributed by atoms with Crippen LogP contribution in [0.4, 0.5) is 0 Å². The van der Waals surface area contributed by atoms with E-state index >= 15 is 0 Å². The Morgan fingerprint density at radius 3 is 2.92 bits per heavy atom. The van der Waals surface area contributed by atoms with Gasteiger partial charge in [-0.3, -0.25) is 4.79 Å². The highest BCUT2D eigenvalue weighted by atomic mass is 16.6. The minimum absolute atomic E-state index is 0.111. The van der Waals surface area contributed by atoms with Crippen LogP contribution in [0.5, 0.6) is 11.5 Å². The molecule has 1 aromatic rings. The van der Waals surface area contributed by atoms with Gasteiger partial charge >= 0.3 is 0 Å². The van der Waals surface area contributed by atoms with Crippen LogP contribution in [-0.2, 0) is 9.47 Å². The number of rotatable bonds is 8. The molecule has 2 rings (SSSR count). The second kappa shape index (κ2) is 9.46. The molecule has 1 aromatic carbocycles. The molecule has 1 saturated heterocycles. The zero-order valence-electron chi connectivity index (χ0n) is 14.3. The summed E-state index contributed by atoms with van der Waals surface area (Å²) in [6, 6.07) is 5.28. The number of hydrogen-bond acceptors (Lipinski definition) is 6. The van der Waals surface area contributed by atoms with E-state index in [0.717, 1.165) is 0 Å². The summed E-state index contributed by atoms with van der Waals surface area (Å²) >= 11 is 0. The molecule has 0 unspecified atom stereocenters. The van der Waals surface area contributed by atoms with Crippen LogP contribution in [0, 0.1) is 0 Å². The maximum Gasteiger partial charge on any atom is 0.257 e. The summed E-state index contributed by atoms with van der Waals surface area (Å²) in [6.45, 7) is 3.06. The van der Waals surface area contributed by atoms with Gasteiger partial charge in [-0.1, -0.05) is 6.07 Å². The highest BCUT2D eigenvalue weighted by Gasteiger charge is 2.24. The summed E-state index contributed by atoms with van der Waals surface area (Å²) < 4.78 is 22.1. The van der Waals surface area contributed by atoms with Crippen molar-refractivity contribution >= 4 is 5.91 Å². The van der Waals surface area contributed by atoms with Crippen molar-refractivity contribution in [2.24, 2.45) is 5.73 Å². The molecule has 1 amide bonds. The van der Waals surface area contributed by atoms with Crippen LogP contribution in [-0.4, -0.2) is 70.6 Å². The van der Waals surface area contributed by atoms with Crippen molar-refractivity contribution in [1.29, 1.82) is 0 Å². The third-order valence-corrected chi connectivity index (χ3v) is 3.73. The van der Waals surface area contributed by atoms with E-state index in [4.69, 9.17) is 24.7 Å². The fraction of sp³-hybridized carbons (Fsp3) is 0.588. The van der Waals surface area contributed by atoms with Gasteiger partial charge in [0.1, 0.15) is 0 Å². The van der Waals surface area contributed by atoms with Crippen LogP contribution in [0.3, 0.4) is 0 Å². The van der Waals surface area contributed by atoms with E-state index in [1.165, 1.54) is 0 Å². The summed E-state index contributed by atoms with van der Waals surface area (Å²) in [6.07, 6.45) is 0.592. The first-order chi connectivity index (χ1) is 11.7. The SMILES string of the molecule is COc1cccc(C(=O)N(C)C[C@@H]2COCCO2)c1OCCCN. The molecule has 0 aliphatic carbocycles. The number of ether oxygens (including phenoxy) is 4. The van der Waals surface area contributed by atoms with Crippen molar-refractivity contribution in [2.45, 2.75) is 12.5 Å². The molecule has 0 saturated carbocycles. The van der Waals surface area contributed by atoms with Gasteiger partial charge in [-0.05, 0) is 25.1 Å². The summed E-state index contributed by atoms with van der Waals surface area (Å²) in [5.41, 5.74) is 5.96. The molecule has 0 bridgehead atoms. The van der Waals surface area contributed by atoms with E-state index in [0.29, 0.717) is 63.0 Å². The van der Waals surface area contributed by atoms with Crippen LogP contribution in [0.25, 0.3) is 0 Å². The molecular weight excluding hydrogens is 312 g/mol. The summed E-state index contributed by atoms with van der Waals surface area (Å²) in [7, 11) is 3.29. The highest BCUT2D eigenvalue weighted by Crippen LogP contribution is 2.32. The van der Waals surface area contributed by atoms with E-state index in [-0.39, 0.29) is 12.0 Å². The molecule has 0 spiro atoms. The van der Waals surface area contributed by atoms with E-state index in [9.17, 15) is 4.79 Å². The molecule has 7 heteroatoms. The zero-order valence-corrected chi connectivity index (χ0v) is 14.3. The summed E-state index contributed by atoms with van der Waals surface area (Å²) in [5, 5.41) is 0. The van der Waals surface area contributed by atoms with Crippen molar-refractivity contribution in [3.05, 3.63) is 23.8 Å². The number of nitrogens with zero attached hydrogens (tertiary/aromatic N) is 1. The number of likely N-dealkylation sites (N-methyl/N-ethyl adjacent to an activating group) is 1. The highest BCUT2D eigenvalue weighted by molar-refractivity contribution is 5.97. The van der Waals surface area contributed by atoms with Gasteiger partial charge in [0.05, 0.1) is 45.2 Å². The lowest BCUT2D eigenvalue weighted by Crippen LogP contribution is -2.40. The lowest BCUT2D eigenvalue weighted by molar-refractivity contribution is -0.0933. The van der Waals surface area contributed by atoms with E-state index < -0.39 is 0 Å². The second-order valence-electron chi connectivity index (χ2n) is 5.58. The first-order valence-corrected chi connectivity index (χ1v) is 8.12. The largest absolute Gasteiger partial charge is 0.493 e. The zero-order chi connectivity index (χ0) is 17.4. The van der Waals surface area contributed by atoms with Gasteiger partial charge in [0.25, 0.3) is 5.91 Å². The topological polar surface area (TPSA) is 83.2 Å². The van der Waals surface area contributed by atoms with Crippen molar-refractivity contribution in [3.8, 4) is 11.5 Å². The predicted octanol–water partition coefficient (Wildman–Crippen LogP) is 0.910. The van der Waals surface area contributed by atoms with Gasteiger partial charge in [-0.25, -0.2) is 0 Å². The molecule has 134 valence electrons. The van der Waals surface area contributed by atoms with Crippen LogP contribution >= 0.6 is 0 Å². The number of amides is 1. The van der Waals surface area contributed by atoms with E-state index in [2.05, 4.69) is 0 Å². The molecule has 24 heavy (non-hydrogen) atoms. The number of carbonyl (C=O) groups excluding carboxylic acids is 1. The van der Waals surface area contributed by atoms with Crippen LogP contribution < -0.4 is 15.2 Å². The average Bonchev–Trinajstić information content (AvgIpc) is 2.62. The first-order valence-electron chi connectivity index (χ1n) is 8.12. The number of para-hydroxylation sites is 1. The number of hydrogen-bond donors (Lipinski definition) is 1. The molecule has 1 heterocycles. The Morgan fingerprint density at radius 1 is 1.42 bits per heavy atom. The van der Waals surface area contributed by atoms with Gasteiger partial charge < -0.3 is 29.6 Å². The smallest absolute Gasteiger partial charge is 0.257 e. The van der Waals surface area contributed by atoms with Crippen LogP contribution in [0.1, 0.15) is 16.8 Å². The maximum atomic E-state index is 12.8. The minimum atomic E-state index is -0.147. The molecule has 1 aliphatic rings. The minimum Gasteiger partial charge on any atom is -0.493 e. The molecule has 1 atom stereocenters. The third kappa shape index (κ3) is 4.83. The van der Waals surface area contributed by atoms with Crippen molar-refractivity contribution < 1.29 is 23.7 Å². The van der Waals surface area contributed by atoms with Crippen molar-refractivity contribution in [2.75, 3.05) is 53.7 Å². The molecule has 7 nitrogen and oxygen atoms in total. The Labute approximate surface area is 142 Å².